The fourth-order valence-electron chi connectivity index (χ4n) is 2.45. The molecule has 0 saturated heterocycles. The molecule has 0 aliphatic heterocycles. The van der Waals surface area contributed by atoms with Crippen LogP contribution in [0.3, 0.4) is 0 Å². The lowest BCUT2D eigenvalue weighted by Gasteiger charge is -2.02. The number of benzene rings is 1. The van der Waals surface area contributed by atoms with Crippen molar-refractivity contribution in [2.24, 2.45) is 0 Å². The van der Waals surface area contributed by atoms with Gasteiger partial charge in [0, 0.05) is 12.1 Å². The van der Waals surface area contributed by atoms with E-state index in [1.165, 1.54) is 16.9 Å². The molecule has 2 heterocycles. The average molecular weight is 314 g/mol. The van der Waals surface area contributed by atoms with Crippen molar-refractivity contribution < 1.29 is 4.79 Å². The Morgan fingerprint density at radius 3 is 2.86 bits per heavy atom. The van der Waals surface area contributed by atoms with Gasteiger partial charge < -0.3 is 5.32 Å². The number of nitrogens with zero attached hydrogens (tertiary/aromatic N) is 2. The number of amides is 1. The number of nitrogens with one attached hydrogen (secondary N) is 2. The molecule has 0 radical (unpaired) electrons. The van der Waals surface area contributed by atoms with E-state index in [2.05, 4.69) is 26.6 Å². The van der Waals surface area contributed by atoms with Crippen molar-refractivity contribution in [2.75, 3.05) is 5.32 Å². The van der Waals surface area contributed by atoms with Crippen LogP contribution in [0.5, 0.6) is 0 Å². The molecule has 0 unspecified atom stereocenters. The number of carbonyl (C=O) groups is 1. The van der Waals surface area contributed by atoms with E-state index in [1.807, 2.05) is 32.9 Å². The average Bonchev–Trinajstić information content (AvgIpc) is 3.00. The molecule has 2 aromatic heterocycles. The fraction of sp³-hybridized carbons (Fsp3) is 0.312. The topological polar surface area (TPSA) is 70.7 Å². The summed E-state index contributed by atoms with van der Waals surface area (Å²) in [5.41, 5.74) is 5.23. The third-order valence-corrected chi connectivity index (χ3v) is 4.61. The summed E-state index contributed by atoms with van der Waals surface area (Å²) in [4.78, 5) is 16.5. The Morgan fingerprint density at radius 2 is 2.14 bits per heavy atom. The summed E-state index contributed by atoms with van der Waals surface area (Å²) in [6.45, 7) is 5.97. The van der Waals surface area contributed by atoms with Crippen molar-refractivity contribution in [3.8, 4) is 0 Å². The molecule has 0 fully saturated rings. The van der Waals surface area contributed by atoms with E-state index in [9.17, 15) is 4.79 Å². The number of carbonyl (C=O) groups excluding carboxylic acids is 1. The summed E-state index contributed by atoms with van der Waals surface area (Å²) >= 11 is 1.51. The van der Waals surface area contributed by atoms with Crippen molar-refractivity contribution >= 4 is 32.6 Å². The first-order valence-corrected chi connectivity index (χ1v) is 8.02. The normalized spacial score (nSPS) is 11.0. The Kier molecular flexibility index (Phi) is 3.94. The van der Waals surface area contributed by atoms with Gasteiger partial charge in [0.1, 0.15) is 0 Å². The van der Waals surface area contributed by atoms with Gasteiger partial charge in [-0.05, 0) is 50.5 Å². The van der Waals surface area contributed by atoms with Crippen molar-refractivity contribution in [3.05, 3.63) is 40.7 Å². The summed E-state index contributed by atoms with van der Waals surface area (Å²) in [6.07, 6.45) is 1.11. The first-order valence-electron chi connectivity index (χ1n) is 7.20. The molecule has 3 rings (SSSR count). The molecule has 0 bridgehead atoms. The molecular formula is C16H18N4OS. The van der Waals surface area contributed by atoms with Gasteiger partial charge in [0.05, 0.1) is 15.9 Å². The zero-order valence-corrected chi connectivity index (χ0v) is 13.7. The van der Waals surface area contributed by atoms with E-state index >= 15 is 0 Å². The second-order valence-corrected chi connectivity index (χ2v) is 6.48. The van der Waals surface area contributed by atoms with Gasteiger partial charge in [-0.1, -0.05) is 17.4 Å². The Hall–Kier alpha value is -2.21. The number of thiazole rings is 1. The summed E-state index contributed by atoms with van der Waals surface area (Å²) in [5.74, 6) is -0.0178. The van der Waals surface area contributed by atoms with Crippen LogP contribution in [0.15, 0.2) is 18.2 Å². The van der Waals surface area contributed by atoms with E-state index in [0.717, 1.165) is 27.2 Å². The summed E-state index contributed by atoms with van der Waals surface area (Å²) in [5, 5.41) is 10.6. The van der Waals surface area contributed by atoms with Crippen molar-refractivity contribution in [3.63, 3.8) is 0 Å². The smallest absolute Gasteiger partial charge is 0.226 e. The minimum Gasteiger partial charge on any atom is -0.302 e. The maximum atomic E-state index is 12.1. The first kappa shape index (κ1) is 14.7. The minimum atomic E-state index is -0.0178. The van der Waals surface area contributed by atoms with Crippen molar-refractivity contribution in [1.82, 2.24) is 15.2 Å². The van der Waals surface area contributed by atoms with Crippen LogP contribution < -0.4 is 5.32 Å². The van der Waals surface area contributed by atoms with Crippen LogP contribution in [0.1, 0.15) is 28.9 Å². The number of anilines is 1. The van der Waals surface area contributed by atoms with Gasteiger partial charge in [-0.3, -0.25) is 9.89 Å². The SMILES string of the molecule is Cc1ccc2nc(NC(=O)CCc3c(C)n[nH]c3C)sc2c1. The third kappa shape index (κ3) is 3.01. The maximum Gasteiger partial charge on any atom is 0.226 e. The number of aryl methyl sites for hydroxylation is 3. The second kappa shape index (κ2) is 5.88. The Labute approximate surface area is 132 Å². The Bertz CT molecular complexity index is 814. The quantitative estimate of drug-likeness (QED) is 0.774. The zero-order valence-electron chi connectivity index (χ0n) is 12.9. The first-order chi connectivity index (χ1) is 10.5. The van der Waals surface area contributed by atoms with Crippen LogP contribution in [0.25, 0.3) is 10.2 Å². The van der Waals surface area contributed by atoms with E-state index in [0.29, 0.717) is 18.0 Å². The van der Waals surface area contributed by atoms with Gasteiger partial charge >= 0.3 is 0 Å². The van der Waals surface area contributed by atoms with Gasteiger partial charge in [0.2, 0.25) is 5.91 Å². The molecule has 0 aliphatic carbocycles. The number of hydrogen-bond donors (Lipinski definition) is 2. The number of hydrogen-bond acceptors (Lipinski definition) is 4. The molecule has 0 atom stereocenters. The fourth-order valence-corrected chi connectivity index (χ4v) is 3.43. The molecular weight excluding hydrogens is 296 g/mol. The maximum absolute atomic E-state index is 12.1. The van der Waals surface area contributed by atoms with Crippen molar-refractivity contribution in [2.45, 2.75) is 33.6 Å². The largest absolute Gasteiger partial charge is 0.302 e. The lowest BCUT2D eigenvalue weighted by molar-refractivity contribution is -0.116. The number of H-pyrrole nitrogens is 1. The highest BCUT2D eigenvalue weighted by Gasteiger charge is 2.11. The lowest BCUT2D eigenvalue weighted by Crippen LogP contribution is -2.12. The Balaban J connectivity index is 1.65. The van der Waals surface area contributed by atoms with Crippen LogP contribution in [-0.2, 0) is 11.2 Å². The summed E-state index contributed by atoms with van der Waals surface area (Å²) in [6, 6.07) is 6.09. The molecule has 1 aromatic carbocycles. The predicted octanol–water partition coefficient (Wildman–Crippen LogP) is 3.52. The molecule has 114 valence electrons. The summed E-state index contributed by atoms with van der Waals surface area (Å²) < 4.78 is 1.09. The van der Waals surface area contributed by atoms with Crippen LogP contribution in [0, 0.1) is 20.8 Å². The van der Waals surface area contributed by atoms with Crippen LogP contribution in [-0.4, -0.2) is 21.1 Å². The monoisotopic (exact) mass is 314 g/mol. The molecule has 22 heavy (non-hydrogen) atoms. The van der Waals surface area contributed by atoms with Crippen LogP contribution in [0.2, 0.25) is 0 Å². The van der Waals surface area contributed by atoms with Crippen molar-refractivity contribution in [1.29, 1.82) is 0 Å². The van der Waals surface area contributed by atoms with E-state index in [-0.39, 0.29) is 5.91 Å². The van der Waals surface area contributed by atoms with Crippen LogP contribution in [0.4, 0.5) is 5.13 Å². The van der Waals surface area contributed by atoms with E-state index < -0.39 is 0 Å². The molecule has 5 nitrogen and oxygen atoms in total. The van der Waals surface area contributed by atoms with Gasteiger partial charge in [-0.15, -0.1) is 0 Å². The number of fused-ring (bicyclic) bond motifs is 1. The van der Waals surface area contributed by atoms with Gasteiger partial charge in [-0.2, -0.15) is 5.10 Å². The van der Waals surface area contributed by atoms with Gasteiger partial charge in [-0.25, -0.2) is 4.98 Å². The number of aromatic amines is 1. The summed E-state index contributed by atoms with van der Waals surface area (Å²) in [7, 11) is 0. The van der Waals surface area contributed by atoms with E-state index in [1.54, 1.807) is 0 Å². The lowest BCUT2D eigenvalue weighted by atomic mass is 10.1. The zero-order chi connectivity index (χ0) is 15.7. The molecule has 1 amide bonds. The number of rotatable bonds is 4. The Morgan fingerprint density at radius 1 is 1.32 bits per heavy atom. The molecule has 2 N–H and O–H groups in total. The predicted molar refractivity (Wildman–Crippen MR) is 89.4 cm³/mol. The highest BCUT2D eigenvalue weighted by molar-refractivity contribution is 7.22. The molecule has 0 saturated carbocycles. The van der Waals surface area contributed by atoms with Gasteiger partial charge in [0.15, 0.2) is 5.13 Å². The standard InChI is InChI=1S/C16H18N4OS/c1-9-4-6-13-14(8-9)22-16(17-13)18-15(21)7-5-12-10(2)19-20-11(12)3/h4,6,8H,5,7H2,1-3H3,(H,19,20)(H,17,18,21). The minimum absolute atomic E-state index is 0.0178. The molecule has 0 spiro atoms. The molecule has 3 aromatic rings. The van der Waals surface area contributed by atoms with Gasteiger partial charge in [0.25, 0.3) is 0 Å². The van der Waals surface area contributed by atoms with E-state index in [4.69, 9.17) is 0 Å². The van der Waals surface area contributed by atoms with Crippen LogP contribution >= 0.6 is 11.3 Å². The second-order valence-electron chi connectivity index (χ2n) is 5.45. The highest BCUT2D eigenvalue weighted by Crippen LogP contribution is 2.26. The number of aromatic nitrogens is 3. The molecule has 0 aliphatic rings. The molecule has 6 heteroatoms. The third-order valence-electron chi connectivity index (χ3n) is 3.67. The highest BCUT2D eigenvalue weighted by atomic mass is 32.1.